The van der Waals surface area contributed by atoms with Crippen LogP contribution in [0.15, 0.2) is 0 Å². The zero-order valence-corrected chi connectivity index (χ0v) is 13.6. The van der Waals surface area contributed by atoms with E-state index < -0.39 is 5.54 Å². The van der Waals surface area contributed by atoms with Gasteiger partial charge in [0, 0.05) is 12.2 Å². The number of aromatic nitrogens is 2. The molecule has 1 aromatic rings. The van der Waals surface area contributed by atoms with Crippen molar-refractivity contribution in [1.82, 2.24) is 9.78 Å². The van der Waals surface area contributed by atoms with Crippen molar-refractivity contribution in [2.24, 2.45) is 11.7 Å². The Kier molecular flexibility index (Phi) is 4.71. The number of hydrogen-bond acceptors (Lipinski definition) is 4. The first-order valence-corrected chi connectivity index (χ1v) is 7.86. The number of ether oxygens (including phenoxy) is 1. The van der Waals surface area contributed by atoms with Crippen molar-refractivity contribution in [3.8, 4) is 0 Å². The van der Waals surface area contributed by atoms with Crippen LogP contribution in [0.3, 0.4) is 0 Å². The van der Waals surface area contributed by atoms with Crippen LogP contribution in [0.2, 0.25) is 0 Å². The molecule has 0 amide bonds. The van der Waals surface area contributed by atoms with Crippen molar-refractivity contribution in [3.63, 3.8) is 0 Å². The number of nitrogens with zero attached hydrogens (tertiary/aromatic N) is 2. The van der Waals surface area contributed by atoms with Gasteiger partial charge in [-0.1, -0.05) is 6.42 Å². The van der Waals surface area contributed by atoms with E-state index in [4.69, 9.17) is 10.5 Å². The van der Waals surface area contributed by atoms with Crippen LogP contribution in [0.25, 0.3) is 0 Å². The van der Waals surface area contributed by atoms with E-state index in [1.807, 2.05) is 18.5 Å². The smallest absolute Gasteiger partial charge is 0.326 e. The molecule has 0 aliphatic heterocycles. The molecule has 2 N–H and O–H groups in total. The summed E-state index contributed by atoms with van der Waals surface area (Å²) in [6, 6.07) is 0. The van der Waals surface area contributed by atoms with Gasteiger partial charge in [0.1, 0.15) is 5.54 Å². The third-order valence-corrected chi connectivity index (χ3v) is 4.96. The summed E-state index contributed by atoms with van der Waals surface area (Å²) in [5, 5.41) is 4.56. The van der Waals surface area contributed by atoms with E-state index in [1.165, 1.54) is 11.3 Å². The summed E-state index contributed by atoms with van der Waals surface area (Å²) in [5.74, 6) is -0.0576. The molecule has 0 spiro atoms. The zero-order valence-electron chi connectivity index (χ0n) is 13.6. The molecule has 0 bridgehead atoms. The van der Waals surface area contributed by atoms with Crippen LogP contribution < -0.4 is 5.73 Å². The van der Waals surface area contributed by atoms with E-state index in [9.17, 15) is 4.79 Å². The molecule has 2 unspecified atom stereocenters. The van der Waals surface area contributed by atoms with E-state index >= 15 is 0 Å². The maximum absolute atomic E-state index is 12.1. The first-order chi connectivity index (χ1) is 9.90. The number of hydrogen-bond donors (Lipinski definition) is 1. The Balaban J connectivity index is 2.05. The Morgan fingerprint density at radius 1 is 1.48 bits per heavy atom. The number of rotatable bonds is 5. The highest BCUT2D eigenvalue weighted by Gasteiger charge is 2.46. The summed E-state index contributed by atoms with van der Waals surface area (Å²) in [6.45, 7) is 9.23. The summed E-state index contributed by atoms with van der Waals surface area (Å²) in [4.78, 5) is 12.1. The van der Waals surface area contributed by atoms with Gasteiger partial charge in [-0.2, -0.15) is 5.10 Å². The SMILES string of the molecule is CCOC(=O)C1(N)CCCC1CCn1nc(C)c(C)c1C. The van der Waals surface area contributed by atoms with Crippen LogP contribution in [0.4, 0.5) is 0 Å². The van der Waals surface area contributed by atoms with Crippen molar-refractivity contribution < 1.29 is 9.53 Å². The summed E-state index contributed by atoms with van der Waals surface area (Å²) in [6.07, 6.45) is 3.59. The Bertz CT molecular complexity index is 524. The minimum Gasteiger partial charge on any atom is -0.465 e. The number of nitrogens with two attached hydrogens (primary N) is 1. The molecule has 2 atom stereocenters. The average molecular weight is 293 g/mol. The molecule has 0 saturated heterocycles. The molecule has 0 radical (unpaired) electrons. The lowest BCUT2D eigenvalue weighted by atomic mass is 9.85. The highest BCUT2D eigenvalue weighted by molar-refractivity contribution is 5.81. The van der Waals surface area contributed by atoms with Gasteiger partial charge >= 0.3 is 5.97 Å². The third kappa shape index (κ3) is 2.98. The molecule has 1 aliphatic rings. The number of esters is 1. The second kappa shape index (κ2) is 6.18. The highest BCUT2D eigenvalue weighted by Crippen LogP contribution is 2.37. The average Bonchev–Trinajstić information content (AvgIpc) is 2.94. The summed E-state index contributed by atoms with van der Waals surface area (Å²) < 4.78 is 7.21. The van der Waals surface area contributed by atoms with Gasteiger partial charge in [-0.15, -0.1) is 0 Å². The van der Waals surface area contributed by atoms with E-state index in [0.29, 0.717) is 6.61 Å². The van der Waals surface area contributed by atoms with Crippen LogP contribution in [-0.4, -0.2) is 27.9 Å². The van der Waals surface area contributed by atoms with Crippen LogP contribution in [0.1, 0.15) is 49.6 Å². The molecule has 1 fully saturated rings. The van der Waals surface area contributed by atoms with Gasteiger partial charge < -0.3 is 10.5 Å². The molecule has 0 aromatic carbocycles. The maximum Gasteiger partial charge on any atom is 0.326 e. The quantitative estimate of drug-likeness (QED) is 0.845. The van der Waals surface area contributed by atoms with Crippen molar-refractivity contribution in [2.45, 2.75) is 65.5 Å². The molecule has 1 aromatic heterocycles. The number of carbonyl (C=O) groups excluding carboxylic acids is 1. The molecule has 2 rings (SSSR count). The molecule has 1 heterocycles. The van der Waals surface area contributed by atoms with Gasteiger partial charge in [0.25, 0.3) is 0 Å². The normalized spacial score (nSPS) is 25.3. The summed E-state index contributed by atoms with van der Waals surface area (Å²) >= 11 is 0. The minimum absolute atomic E-state index is 0.181. The van der Waals surface area contributed by atoms with E-state index in [2.05, 4.69) is 18.9 Å². The zero-order chi connectivity index (χ0) is 15.6. The number of aryl methyl sites for hydroxylation is 2. The van der Waals surface area contributed by atoms with Crippen LogP contribution in [0, 0.1) is 26.7 Å². The first-order valence-electron chi connectivity index (χ1n) is 7.86. The van der Waals surface area contributed by atoms with E-state index in [1.54, 1.807) is 0 Å². The van der Waals surface area contributed by atoms with Crippen LogP contribution in [-0.2, 0) is 16.1 Å². The maximum atomic E-state index is 12.1. The first kappa shape index (κ1) is 16.0. The molecule has 1 aliphatic carbocycles. The molecule has 1 saturated carbocycles. The predicted molar refractivity (Wildman–Crippen MR) is 81.9 cm³/mol. The predicted octanol–water partition coefficient (Wildman–Crippen LogP) is 2.26. The molecular weight excluding hydrogens is 266 g/mol. The molecule has 5 heteroatoms. The topological polar surface area (TPSA) is 70.1 Å². The lowest BCUT2D eigenvalue weighted by Crippen LogP contribution is -2.52. The lowest BCUT2D eigenvalue weighted by molar-refractivity contribution is -0.151. The lowest BCUT2D eigenvalue weighted by Gasteiger charge is -2.29. The van der Waals surface area contributed by atoms with Crippen LogP contribution >= 0.6 is 0 Å². The monoisotopic (exact) mass is 293 g/mol. The van der Waals surface area contributed by atoms with Crippen LogP contribution in [0.5, 0.6) is 0 Å². The molecule has 5 nitrogen and oxygen atoms in total. The number of carbonyl (C=O) groups is 1. The Morgan fingerprint density at radius 3 is 2.76 bits per heavy atom. The fraction of sp³-hybridized carbons (Fsp3) is 0.750. The Hall–Kier alpha value is -1.36. The second-order valence-electron chi connectivity index (χ2n) is 6.16. The van der Waals surface area contributed by atoms with Gasteiger partial charge in [-0.05, 0) is 58.4 Å². The van der Waals surface area contributed by atoms with Crippen molar-refractivity contribution in [3.05, 3.63) is 17.0 Å². The molecule has 118 valence electrons. The fourth-order valence-corrected chi connectivity index (χ4v) is 3.32. The second-order valence-corrected chi connectivity index (χ2v) is 6.16. The Labute approximate surface area is 126 Å². The summed E-state index contributed by atoms with van der Waals surface area (Å²) in [5.41, 5.74) is 9.07. The van der Waals surface area contributed by atoms with Crippen molar-refractivity contribution in [2.75, 3.05) is 6.61 Å². The van der Waals surface area contributed by atoms with Crippen molar-refractivity contribution in [1.29, 1.82) is 0 Å². The van der Waals surface area contributed by atoms with Gasteiger partial charge in [-0.25, -0.2) is 0 Å². The largest absolute Gasteiger partial charge is 0.465 e. The van der Waals surface area contributed by atoms with Gasteiger partial charge in [0.05, 0.1) is 12.3 Å². The minimum atomic E-state index is -0.804. The standard InChI is InChI=1S/C16H27N3O2/c1-5-21-15(20)16(17)9-6-7-14(16)8-10-19-13(4)11(2)12(3)18-19/h14H,5-10,17H2,1-4H3. The third-order valence-electron chi connectivity index (χ3n) is 4.96. The van der Waals surface area contributed by atoms with Gasteiger partial charge in [-0.3, -0.25) is 9.48 Å². The van der Waals surface area contributed by atoms with E-state index in [0.717, 1.165) is 37.9 Å². The fourth-order valence-electron chi connectivity index (χ4n) is 3.32. The van der Waals surface area contributed by atoms with Gasteiger partial charge in [0.15, 0.2) is 0 Å². The highest BCUT2D eigenvalue weighted by atomic mass is 16.5. The van der Waals surface area contributed by atoms with Crippen molar-refractivity contribution >= 4 is 5.97 Å². The molecular formula is C16H27N3O2. The Morgan fingerprint density at radius 2 is 2.19 bits per heavy atom. The van der Waals surface area contributed by atoms with E-state index in [-0.39, 0.29) is 11.9 Å². The van der Waals surface area contributed by atoms with Gasteiger partial charge in [0.2, 0.25) is 0 Å². The molecule has 21 heavy (non-hydrogen) atoms. The summed E-state index contributed by atoms with van der Waals surface area (Å²) in [7, 11) is 0.